The lowest BCUT2D eigenvalue weighted by Gasteiger charge is -2.10. The van der Waals surface area contributed by atoms with Crippen molar-refractivity contribution in [3.63, 3.8) is 0 Å². The normalized spacial score (nSPS) is 10.2. The van der Waals surface area contributed by atoms with Gasteiger partial charge in [-0.05, 0) is 24.3 Å². The zero-order chi connectivity index (χ0) is 15.4. The van der Waals surface area contributed by atoms with Gasteiger partial charge in [-0.15, -0.1) is 11.6 Å². The molecule has 0 N–H and O–H groups in total. The number of halogens is 2. The molecule has 0 saturated carbocycles. The van der Waals surface area contributed by atoms with Crippen LogP contribution in [0.1, 0.15) is 5.56 Å². The van der Waals surface area contributed by atoms with E-state index in [4.69, 9.17) is 32.7 Å². The summed E-state index contributed by atoms with van der Waals surface area (Å²) < 4.78 is 10.6. The quantitative estimate of drug-likeness (QED) is 0.450. The molecular weight excluding hydrogens is 317 g/mol. The van der Waals surface area contributed by atoms with Crippen LogP contribution in [0, 0.1) is 10.1 Å². The Morgan fingerprint density at radius 1 is 1.19 bits per heavy atom. The first-order valence-electron chi connectivity index (χ1n) is 5.90. The molecule has 0 bridgehead atoms. The van der Waals surface area contributed by atoms with Crippen molar-refractivity contribution in [3.8, 4) is 17.2 Å². The van der Waals surface area contributed by atoms with Crippen LogP contribution in [-0.2, 0) is 5.88 Å². The number of methoxy groups -OCH3 is 1. The Labute approximate surface area is 131 Å². The third-order valence-corrected chi connectivity index (χ3v) is 3.27. The van der Waals surface area contributed by atoms with Crippen molar-refractivity contribution in [2.24, 2.45) is 0 Å². The minimum atomic E-state index is -0.536. The van der Waals surface area contributed by atoms with Crippen molar-refractivity contribution >= 4 is 28.9 Å². The molecule has 2 aromatic rings. The van der Waals surface area contributed by atoms with Crippen LogP contribution in [0.2, 0.25) is 5.02 Å². The molecule has 0 atom stereocenters. The van der Waals surface area contributed by atoms with Gasteiger partial charge in [0.05, 0.1) is 24.0 Å². The highest BCUT2D eigenvalue weighted by molar-refractivity contribution is 6.30. The average molecular weight is 328 g/mol. The lowest BCUT2D eigenvalue weighted by atomic mass is 10.2. The van der Waals surface area contributed by atoms with E-state index >= 15 is 0 Å². The maximum atomic E-state index is 11.0. The molecule has 0 aliphatic rings. The minimum absolute atomic E-state index is 0.163. The summed E-state index contributed by atoms with van der Waals surface area (Å²) in [6.45, 7) is 0. The molecule has 0 fully saturated rings. The first kappa shape index (κ1) is 15.4. The van der Waals surface area contributed by atoms with Gasteiger partial charge in [0.2, 0.25) is 0 Å². The van der Waals surface area contributed by atoms with Crippen LogP contribution < -0.4 is 9.47 Å². The molecule has 5 nitrogen and oxygen atoms in total. The molecule has 21 heavy (non-hydrogen) atoms. The van der Waals surface area contributed by atoms with Crippen molar-refractivity contribution in [3.05, 3.63) is 57.1 Å². The maximum Gasteiger partial charge on any atom is 0.314 e. The summed E-state index contributed by atoms with van der Waals surface area (Å²) in [5.41, 5.74) is 0.559. The van der Waals surface area contributed by atoms with Gasteiger partial charge >= 0.3 is 5.69 Å². The molecule has 0 aromatic heterocycles. The third kappa shape index (κ3) is 3.56. The third-order valence-electron chi connectivity index (χ3n) is 2.75. The van der Waals surface area contributed by atoms with Gasteiger partial charge < -0.3 is 9.47 Å². The Kier molecular flexibility index (Phi) is 4.88. The molecule has 0 heterocycles. The summed E-state index contributed by atoms with van der Waals surface area (Å²) >= 11 is 11.7. The number of nitrogens with zero attached hydrogens (tertiary/aromatic N) is 1. The second kappa shape index (κ2) is 6.65. The van der Waals surface area contributed by atoms with Crippen molar-refractivity contribution in [1.82, 2.24) is 0 Å². The van der Waals surface area contributed by atoms with Crippen molar-refractivity contribution in [2.75, 3.05) is 7.11 Å². The van der Waals surface area contributed by atoms with E-state index in [1.807, 2.05) is 0 Å². The molecule has 0 saturated heterocycles. The SMILES string of the molecule is COc1ccc(Oc2cc(Cl)ccc2CCl)cc1[N+](=O)[O-]. The average Bonchev–Trinajstić information content (AvgIpc) is 2.47. The highest BCUT2D eigenvalue weighted by Crippen LogP contribution is 2.35. The van der Waals surface area contributed by atoms with Crippen molar-refractivity contribution < 1.29 is 14.4 Å². The lowest BCUT2D eigenvalue weighted by molar-refractivity contribution is -0.385. The predicted octanol–water partition coefficient (Wildman–Crippen LogP) is 4.79. The number of ether oxygens (including phenoxy) is 2. The van der Waals surface area contributed by atoms with Gasteiger partial charge in [-0.3, -0.25) is 10.1 Å². The van der Waals surface area contributed by atoms with E-state index in [0.29, 0.717) is 16.5 Å². The number of alkyl halides is 1. The fraction of sp³-hybridized carbons (Fsp3) is 0.143. The largest absolute Gasteiger partial charge is 0.490 e. The minimum Gasteiger partial charge on any atom is -0.490 e. The Bertz CT molecular complexity index is 676. The molecule has 7 heteroatoms. The lowest BCUT2D eigenvalue weighted by Crippen LogP contribution is -1.95. The van der Waals surface area contributed by atoms with Crippen molar-refractivity contribution in [2.45, 2.75) is 5.88 Å². The summed E-state index contributed by atoms with van der Waals surface area (Å²) in [5.74, 6) is 1.16. The molecule has 110 valence electrons. The molecule has 2 rings (SSSR count). The zero-order valence-electron chi connectivity index (χ0n) is 11.0. The molecule has 0 radical (unpaired) electrons. The van der Waals surface area contributed by atoms with Gasteiger partial charge in [0, 0.05) is 10.6 Å². The molecule has 2 aromatic carbocycles. The van der Waals surface area contributed by atoms with E-state index in [1.54, 1.807) is 24.3 Å². The monoisotopic (exact) mass is 327 g/mol. The summed E-state index contributed by atoms with van der Waals surface area (Å²) in [6.07, 6.45) is 0. The molecule has 0 aliphatic carbocycles. The first-order chi connectivity index (χ1) is 10.0. The Morgan fingerprint density at radius 3 is 2.57 bits per heavy atom. The maximum absolute atomic E-state index is 11.0. The van der Waals surface area contributed by atoms with E-state index in [1.165, 1.54) is 19.2 Å². The topological polar surface area (TPSA) is 61.6 Å². The van der Waals surface area contributed by atoms with Crippen LogP contribution in [0.15, 0.2) is 36.4 Å². The molecule has 0 spiro atoms. The van der Waals surface area contributed by atoms with E-state index in [0.717, 1.165) is 5.56 Å². The van der Waals surface area contributed by atoms with Crippen LogP contribution in [0.25, 0.3) is 0 Å². The number of hydrogen-bond donors (Lipinski definition) is 0. The van der Waals surface area contributed by atoms with Crippen molar-refractivity contribution in [1.29, 1.82) is 0 Å². The standard InChI is InChI=1S/C14H11Cl2NO4/c1-20-13-5-4-11(7-12(13)17(18)19)21-14-6-10(16)3-2-9(14)8-15/h2-7H,8H2,1H3. The Balaban J connectivity index is 2.38. The highest BCUT2D eigenvalue weighted by atomic mass is 35.5. The molecule has 0 aliphatic heterocycles. The second-order valence-electron chi connectivity index (χ2n) is 4.08. The van der Waals surface area contributed by atoms with Crippen LogP contribution in [-0.4, -0.2) is 12.0 Å². The number of nitro benzene ring substituents is 1. The van der Waals surface area contributed by atoms with E-state index in [9.17, 15) is 10.1 Å². The van der Waals surface area contributed by atoms with Crippen LogP contribution in [0.5, 0.6) is 17.2 Å². The van der Waals surface area contributed by atoms with Crippen LogP contribution >= 0.6 is 23.2 Å². The fourth-order valence-corrected chi connectivity index (χ4v) is 2.12. The van der Waals surface area contributed by atoms with Gasteiger partial charge in [0.25, 0.3) is 0 Å². The fourth-order valence-electron chi connectivity index (χ4n) is 1.74. The number of hydrogen-bond acceptors (Lipinski definition) is 4. The highest BCUT2D eigenvalue weighted by Gasteiger charge is 2.16. The molecule has 0 amide bonds. The summed E-state index contributed by atoms with van der Waals surface area (Å²) in [6, 6.07) is 9.38. The summed E-state index contributed by atoms with van der Waals surface area (Å²) in [7, 11) is 1.37. The smallest absolute Gasteiger partial charge is 0.314 e. The van der Waals surface area contributed by atoms with Crippen LogP contribution in [0.4, 0.5) is 5.69 Å². The van der Waals surface area contributed by atoms with E-state index in [2.05, 4.69) is 0 Å². The van der Waals surface area contributed by atoms with Gasteiger partial charge in [0.15, 0.2) is 5.75 Å². The summed E-state index contributed by atoms with van der Waals surface area (Å²) in [5, 5.41) is 11.5. The summed E-state index contributed by atoms with van der Waals surface area (Å²) in [4.78, 5) is 10.5. The van der Waals surface area contributed by atoms with E-state index < -0.39 is 4.92 Å². The predicted molar refractivity (Wildman–Crippen MR) is 80.7 cm³/mol. The van der Waals surface area contributed by atoms with Gasteiger partial charge in [-0.2, -0.15) is 0 Å². The number of rotatable bonds is 5. The van der Waals surface area contributed by atoms with Crippen LogP contribution in [0.3, 0.4) is 0 Å². The van der Waals surface area contributed by atoms with Gasteiger partial charge in [-0.25, -0.2) is 0 Å². The second-order valence-corrected chi connectivity index (χ2v) is 4.78. The van der Waals surface area contributed by atoms with Gasteiger partial charge in [0.1, 0.15) is 11.5 Å². The number of nitro groups is 1. The molecular formula is C14H11Cl2NO4. The first-order valence-corrected chi connectivity index (χ1v) is 6.81. The zero-order valence-corrected chi connectivity index (χ0v) is 12.5. The molecule has 0 unspecified atom stereocenters. The Hall–Kier alpha value is -1.98. The number of benzene rings is 2. The van der Waals surface area contributed by atoms with Gasteiger partial charge in [-0.1, -0.05) is 17.7 Å². The van der Waals surface area contributed by atoms with E-state index in [-0.39, 0.29) is 17.3 Å². The Morgan fingerprint density at radius 2 is 1.95 bits per heavy atom.